The van der Waals surface area contributed by atoms with Crippen molar-refractivity contribution in [3.8, 4) is 0 Å². The van der Waals surface area contributed by atoms with E-state index in [0.717, 1.165) is 18.4 Å². The summed E-state index contributed by atoms with van der Waals surface area (Å²) >= 11 is 0. The Morgan fingerprint density at radius 2 is 2.00 bits per heavy atom. The summed E-state index contributed by atoms with van der Waals surface area (Å²) in [6.45, 7) is 4.02. The van der Waals surface area contributed by atoms with Crippen molar-refractivity contribution in [1.82, 2.24) is 4.57 Å². The summed E-state index contributed by atoms with van der Waals surface area (Å²) in [4.78, 5) is 19.5. The number of carboxylic acid groups (broad SMARTS) is 1. The van der Waals surface area contributed by atoms with Gasteiger partial charge in [-0.3, -0.25) is 9.59 Å². The van der Waals surface area contributed by atoms with Gasteiger partial charge in [0.1, 0.15) is 0 Å². The topological polar surface area (TPSA) is 85.3 Å². The minimum Gasteiger partial charge on any atom is -0.483 e. The number of carbonyl (C=O) groups excluding carboxylic acids is 1. The van der Waals surface area contributed by atoms with Gasteiger partial charge < -0.3 is 15.4 Å². The molecule has 0 atom stereocenters. The molecule has 1 aromatic heterocycles. The molecule has 0 radical (unpaired) electrons. The SMILES string of the molecule is CCCCCc1c(CCC(N)=O)c2cc(C)[c-]cc2n1C.O=CO.[Na+]. The Bertz CT molecular complexity index is 696. The molecule has 0 spiro atoms. The quantitative estimate of drug-likeness (QED) is 0.321. The van der Waals surface area contributed by atoms with Crippen molar-refractivity contribution in [2.45, 2.75) is 52.4 Å². The zero-order valence-electron chi connectivity index (χ0n) is 15.8. The van der Waals surface area contributed by atoms with Crippen LogP contribution in [-0.2, 0) is 29.5 Å². The van der Waals surface area contributed by atoms with E-state index in [2.05, 4.69) is 43.7 Å². The maximum Gasteiger partial charge on any atom is 1.00 e. The second kappa shape index (κ2) is 12.1. The van der Waals surface area contributed by atoms with Gasteiger partial charge in [0.05, 0.1) is 0 Å². The van der Waals surface area contributed by atoms with Crippen LogP contribution in [0.1, 0.15) is 49.4 Å². The molecule has 25 heavy (non-hydrogen) atoms. The molecular formula is C19H27N2NaO3. The number of nitrogens with zero attached hydrogens (tertiary/aromatic N) is 1. The molecule has 1 heterocycles. The number of amides is 1. The standard InChI is InChI=1S/C18H25N2O.CH2O2.Na/c1-4-5-6-7-16-14(9-11-18(19)21)15-12-13(2)8-10-17(15)20(16)3;2-1-3;/h10,12H,4-7,9,11H2,1-3H3,(H2,19,21);1H,(H,2,3);/q-1;;+1. The molecule has 0 fully saturated rings. The fourth-order valence-electron chi connectivity index (χ4n) is 3.00. The summed E-state index contributed by atoms with van der Waals surface area (Å²) in [6, 6.07) is 7.51. The predicted molar refractivity (Wildman–Crippen MR) is 95.9 cm³/mol. The molecule has 0 unspecified atom stereocenters. The second-order valence-corrected chi connectivity index (χ2v) is 5.93. The number of carbonyl (C=O) groups is 2. The number of nitrogens with two attached hydrogens (primary N) is 1. The number of aryl methyl sites for hydroxylation is 3. The number of benzene rings is 1. The maximum atomic E-state index is 11.2. The molecule has 5 nitrogen and oxygen atoms in total. The molecule has 0 saturated carbocycles. The molecule has 0 aliphatic carbocycles. The van der Waals surface area contributed by atoms with Crippen LogP contribution in [0.4, 0.5) is 0 Å². The zero-order valence-corrected chi connectivity index (χ0v) is 17.8. The van der Waals surface area contributed by atoms with Crippen LogP contribution in [0.15, 0.2) is 12.1 Å². The molecule has 2 aromatic rings. The van der Waals surface area contributed by atoms with Crippen molar-refractivity contribution in [3.05, 3.63) is 35.0 Å². The summed E-state index contributed by atoms with van der Waals surface area (Å²) in [5.74, 6) is -0.231. The summed E-state index contributed by atoms with van der Waals surface area (Å²) < 4.78 is 2.26. The first kappa shape index (κ1) is 23.7. The summed E-state index contributed by atoms with van der Waals surface area (Å²) in [5.41, 5.74) is 10.3. The Balaban J connectivity index is 0.00000134. The van der Waals surface area contributed by atoms with Gasteiger partial charge in [0.25, 0.3) is 6.47 Å². The molecule has 1 amide bonds. The summed E-state index contributed by atoms with van der Waals surface area (Å²) in [6.07, 6.45) is 5.85. The van der Waals surface area contributed by atoms with Crippen molar-refractivity contribution in [2.75, 3.05) is 0 Å². The van der Waals surface area contributed by atoms with Gasteiger partial charge in [-0.25, -0.2) is 0 Å². The number of rotatable bonds is 7. The van der Waals surface area contributed by atoms with Crippen LogP contribution in [-0.4, -0.2) is 22.1 Å². The van der Waals surface area contributed by atoms with Crippen LogP contribution in [0.5, 0.6) is 0 Å². The second-order valence-electron chi connectivity index (χ2n) is 5.93. The first-order chi connectivity index (χ1) is 11.5. The minimum atomic E-state index is -0.250. The molecule has 0 bridgehead atoms. The molecule has 0 saturated heterocycles. The molecule has 0 aliphatic rings. The number of primary amides is 1. The molecule has 3 N–H and O–H groups in total. The van der Waals surface area contributed by atoms with E-state index in [1.807, 2.05) is 0 Å². The van der Waals surface area contributed by atoms with E-state index in [1.54, 1.807) is 0 Å². The Hall–Kier alpha value is -1.30. The summed E-state index contributed by atoms with van der Waals surface area (Å²) in [5, 5.41) is 8.14. The Labute approximate surface area is 171 Å². The monoisotopic (exact) mass is 354 g/mol. The van der Waals surface area contributed by atoms with E-state index in [4.69, 9.17) is 15.6 Å². The number of fused-ring (bicyclic) bond motifs is 1. The van der Waals surface area contributed by atoms with Gasteiger partial charge in [-0.15, -0.1) is 5.39 Å². The van der Waals surface area contributed by atoms with Crippen LogP contribution in [0.25, 0.3) is 10.9 Å². The molecular weight excluding hydrogens is 327 g/mol. The van der Waals surface area contributed by atoms with Crippen molar-refractivity contribution >= 4 is 23.3 Å². The van der Waals surface area contributed by atoms with Gasteiger partial charge in [-0.1, -0.05) is 32.2 Å². The Morgan fingerprint density at radius 1 is 1.36 bits per heavy atom. The van der Waals surface area contributed by atoms with Crippen molar-refractivity contribution in [2.24, 2.45) is 12.8 Å². The van der Waals surface area contributed by atoms with Crippen LogP contribution in [0.2, 0.25) is 0 Å². The van der Waals surface area contributed by atoms with Crippen molar-refractivity contribution in [1.29, 1.82) is 0 Å². The molecule has 0 aliphatic heterocycles. The van der Waals surface area contributed by atoms with Crippen molar-refractivity contribution in [3.63, 3.8) is 0 Å². The van der Waals surface area contributed by atoms with Gasteiger partial charge in [-0.05, 0) is 31.9 Å². The van der Waals surface area contributed by atoms with Crippen LogP contribution in [0, 0.1) is 13.0 Å². The fraction of sp³-hybridized carbons (Fsp3) is 0.474. The largest absolute Gasteiger partial charge is 1.00 e. The van der Waals surface area contributed by atoms with Gasteiger partial charge in [-0.2, -0.15) is 23.8 Å². The number of hydrogen-bond acceptors (Lipinski definition) is 2. The smallest absolute Gasteiger partial charge is 0.483 e. The Kier molecular flexibility index (Phi) is 11.5. The van der Waals surface area contributed by atoms with E-state index < -0.39 is 0 Å². The molecule has 6 heteroatoms. The Morgan fingerprint density at radius 3 is 2.56 bits per heavy atom. The first-order valence-corrected chi connectivity index (χ1v) is 8.30. The van der Waals surface area contributed by atoms with E-state index in [9.17, 15) is 4.79 Å². The minimum absolute atomic E-state index is 0. The third kappa shape index (κ3) is 6.84. The van der Waals surface area contributed by atoms with Crippen LogP contribution >= 0.6 is 0 Å². The van der Waals surface area contributed by atoms with Crippen LogP contribution < -0.4 is 35.3 Å². The molecule has 1 aromatic carbocycles. The van der Waals surface area contributed by atoms with Crippen LogP contribution in [0.3, 0.4) is 0 Å². The zero-order chi connectivity index (χ0) is 18.1. The first-order valence-electron chi connectivity index (χ1n) is 8.30. The van der Waals surface area contributed by atoms with E-state index in [-0.39, 0.29) is 41.9 Å². The third-order valence-electron chi connectivity index (χ3n) is 4.15. The van der Waals surface area contributed by atoms with Gasteiger partial charge >= 0.3 is 29.6 Å². The fourth-order valence-corrected chi connectivity index (χ4v) is 3.00. The van der Waals surface area contributed by atoms with E-state index in [0.29, 0.717) is 6.42 Å². The normalized spacial score (nSPS) is 9.88. The van der Waals surface area contributed by atoms with E-state index in [1.165, 1.54) is 41.4 Å². The molecule has 2 rings (SSSR count). The molecule has 132 valence electrons. The summed E-state index contributed by atoms with van der Waals surface area (Å²) in [7, 11) is 2.11. The average Bonchev–Trinajstić information content (AvgIpc) is 2.78. The van der Waals surface area contributed by atoms with Crippen molar-refractivity contribution < 1.29 is 44.3 Å². The predicted octanol–water partition coefficient (Wildman–Crippen LogP) is 0.142. The maximum absolute atomic E-state index is 11.2. The number of hydrogen-bond donors (Lipinski definition) is 2. The van der Waals surface area contributed by atoms with Gasteiger partial charge in [0.2, 0.25) is 5.91 Å². The number of unbranched alkanes of at least 4 members (excludes halogenated alkanes) is 2. The van der Waals surface area contributed by atoms with Gasteiger partial charge in [0.15, 0.2) is 0 Å². The number of aromatic nitrogens is 1. The third-order valence-corrected chi connectivity index (χ3v) is 4.15. The van der Waals surface area contributed by atoms with Gasteiger partial charge in [0, 0.05) is 12.1 Å². The average molecular weight is 354 g/mol. The van der Waals surface area contributed by atoms with E-state index >= 15 is 0 Å².